The van der Waals surface area contributed by atoms with Gasteiger partial charge >= 0.3 is 5.97 Å². The van der Waals surface area contributed by atoms with Gasteiger partial charge in [0.2, 0.25) is 0 Å². The van der Waals surface area contributed by atoms with E-state index in [1.54, 1.807) is 33.8 Å². The third kappa shape index (κ3) is 7.66. The molecule has 0 saturated heterocycles. The third-order valence-corrected chi connectivity index (χ3v) is 7.83. The van der Waals surface area contributed by atoms with Gasteiger partial charge in [-0.3, -0.25) is 14.4 Å². The number of carbonyl (C=O) groups excluding carboxylic acids is 3. The SMILES string of the molecule is C/C1=C/C[C@@H](/C(C)=C/c2csc(C)n2)OC(=O)C[C@H](O)C(C)(C)C(=O)[C@H](C)C(O)[C@@H](C)CCC1=O. The van der Waals surface area contributed by atoms with Gasteiger partial charge in [-0.05, 0) is 50.3 Å². The van der Waals surface area contributed by atoms with Crippen LogP contribution >= 0.6 is 11.3 Å². The van der Waals surface area contributed by atoms with E-state index in [2.05, 4.69) is 4.98 Å². The number of cyclic esters (lactones) is 1. The number of ether oxygens (including phenoxy) is 1. The Hall–Kier alpha value is -2.16. The molecule has 0 aliphatic carbocycles. The average molecular weight is 506 g/mol. The summed E-state index contributed by atoms with van der Waals surface area (Å²) in [6.45, 7) is 12.1. The summed E-state index contributed by atoms with van der Waals surface area (Å²) in [5.74, 6) is -2.07. The Morgan fingerprint density at radius 1 is 1.20 bits per heavy atom. The van der Waals surface area contributed by atoms with Crippen LogP contribution < -0.4 is 0 Å². The van der Waals surface area contributed by atoms with E-state index in [0.717, 1.165) is 16.3 Å². The maximum Gasteiger partial charge on any atom is 0.309 e. The third-order valence-electron chi connectivity index (χ3n) is 7.04. The maximum absolute atomic E-state index is 13.2. The highest BCUT2D eigenvalue weighted by Gasteiger charge is 2.42. The molecule has 1 aromatic rings. The summed E-state index contributed by atoms with van der Waals surface area (Å²) in [7, 11) is 0. The molecule has 1 aromatic heterocycles. The van der Waals surface area contributed by atoms with Crippen molar-refractivity contribution in [3.05, 3.63) is 33.3 Å². The van der Waals surface area contributed by atoms with Gasteiger partial charge < -0.3 is 14.9 Å². The number of aryl methyl sites for hydroxylation is 1. The van der Waals surface area contributed by atoms with Crippen LogP contribution in [0.1, 0.15) is 77.9 Å². The Balaban J connectivity index is 2.39. The highest BCUT2D eigenvalue weighted by molar-refractivity contribution is 7.09. The molecule has 2 heterocycles. The molecule has 0 amide bonds. The Labute approximate surface area is 212 Å². The smallest absolute Gasteiger partial charge is 0.309 e. The molecular formula is C27H39NO6S. The number of nitrogens with zero attached hydrogens (tertiary/aromatic N) is 1. The van der Waals surface area contributed by atoms with Gasteiger partial charge in [-0.1, -0.05) is 33.8 Å². The summed E-state index contributed by atoms with van der Waals surface area (Å²) >= 11 is 1.52. The fraction of sp³-hybridized carbons (Fsp3) is 0.630. The van der Waals surface area contributed by atoms with Gasteiger partial charge in [0.15, 0.2) is 5.78 Å². The van der Waals surface area contributed by atoms with Gasteiger partial charge in [0.05, 0.1) is 34.7 Å². The molecule has 0 radical (unpaired) electrons. The minimum absolute atomic E-state index is 0.0484. The monoisotopic (exact) mass is 505 g/mol. The van der Waals surface area contributed by atoms with Crippen molar-refractivity contribution < 1.29 is 29.3 Å². The summed E-state index contributed by atoms with van der Waals surface area (Å²) in [6, 6.07) is 0. The molecule has 1 aliphatic heterocycles. The number of hydrogen-bond acceptors (Lipinski definition) is 8. The van der Waals surface area contributed by atoms with E-state index in [4.69, 9.17) is 4.74 Å². The lowest BCUT2D eigenvalue weighted by Crippen LogP contribution is -2.45. The number of Topliss-reactive ketones (excluding diaryl/α,β-unsaturated/α-hetero) is 2. The summed E-state index contributed by atoms with van der Waals surface area (Å²) in [6.07, 6.45) is 1.34. The highest BCUT2D eigenvalue weighted by atomic mass is 32.1. The van der Waals surface area contributed by atoms with Crippen molar-refractivity contribution in [2.45, 2.75) is 92.5 Å². The maximum atomic E-state index is 13.2. The van der Waals surface area contributed by atoms with E-state index in [1.165, 1.54) is 11.3 Å². The number of thiazole rings is 1. The first-order chi connectivity index (χ1) is 16.2. The molecular weight excluding hydrogens is 466 g/mol. The first-order valence-corrected chi connectivity index (χ1v) is 13.0. The molecule has 0 aromatic carbocycles. The zero-order valence-electron chi connectivity index (χ0n) is 21.8. The number of hydrogen-bond donors (Lipinski definition) is 2. The van der Waals surface area contributed by atoms with Crippen molar-refractivity contribution in [3.63, 3.8) is 0 Å². The van der Waals surface area contributed by atoms with Crippen LogP contribution in [0.25, 0.3) is 6.08 Å². The molecule has 0 bridgehead atoms. The van der Waals surface area contributed by atoms with Crippen LogP contribution in [-0.2, 0) is 19.1 Å². The van der Waals surface area contributed by atoms with E-state index in [0.29, 0.717) is 18.4 Å². The zero-order valence-corrected chi connectivity index (χ0v) is 22.6. The van der Waals surface area contributed by atoms with Crippen LogP contribution in [0.3, 0.4) is 0 Å². The molecule has 8 heteroatoms. The van der Waals surface area contributed by atoms with Crippen LogP contribution in [0, 0.1) is 24.2 Å². The van der Waals surface area contributed by atoms with Crippen LogP contribution in [-0.4, -0.2) is 51.0 Å². The van der Waals surface area contributed by atoms with Gasteiger partial charge in [-0.2, -0.15) is 0 Å². The number of aromatic nitrogens is 1. The zero-order chi connectivity index (χ0) is 26.5. The largest absolute Gasteiger partial charge is 0.457 e. The van der Waals surface area contributed by atoms with Crippen molar-refractivity contribution >= 4 is 34.9 Å². The molecule has 7 nitrogen and oxygen atoms in total. The van der Waals surface area contributed by atoms with Crippen LogP contribution in [0.4, 0.5) is 0 Å². The van der Waals surface area contributed by atoms with Crippen molar-refractivity contribution in [2.75, 3.05) is 0 Å². The number of carbonyl (C=O) groups is 3. The fourth-order valence-electron chi connectivity index (χ4n) is 4.24. The molecule has 1 aliphatic rings. The van der Waals surface area contributed by atoms with E-state index in [1.807, 2.05) is 32.2 Å². The van der Waals surface area contributed by atoms with Gasteiger partial charge in [0.25, 0.3) is 0 Å². The predicted molar refractivity (Wildman–Crippen MR) is 137 cm³/mol. The van der Waals surface area contributed by atoms with E-state index >= 15 is 0 Å². The predicted octanol–water partition coefficient (Wildman–Crippen LogP) is 4.45. The Bertz CT molecular complexity index is 992. The van der Waals surface area contributed by atoms with E-state index in [-0.39, 0.29) is 30.3 Å². The van der Waals surface area contributed by atoms with Crippen LogP contribution in [0.2, 0.25) is 0 Å². The van der Waals surface area contributed by atoms with Gasteiger partial charge in [0, 0.05) is 24.1 Å². The van der Waals surface area contributed by atoms with Crippen LogP contribution in [0.15, 0.2) is 22.6 Å². The molecule has 2 rings (SSSR count). The second-order valence-electron chi connectivity index (χ2n) is 10.3. The molecule has 2 N–H and O–H groups in total. The molecule has 0 fully saturated rings. The molecule has 0 spiro atoms. The van der Waals surface area contributed by atoms with Gasteiger partial charge in [-0.15, -0.1) is 11.3 Å². The number of ketones is 2. The topological polar surface area (TPSA) is 114 Å². The van der Waals surface area contributed by atoms with Crippen molar-refractivity contribution in [3.8, 4) is 0 Å². The Morgan fingerprint density at radius 3 is 2.46 bits per heavy atom. The second kappa shape index (κ2) is 12.2. The number of esters is 1. The summed E-state index contributed by atoms with van der Waals surface area (Å²) < 4.78 is 5.73. The molecule has 194 valence electrons. The Morgan fingerprint density at radius 2 is 1.86 bits per heavy atom. The minimum Gasteiger partial charge on any atom is -0.457 e. The summed E-state index contributed by atoms with van der Waals surface area (Å²) in [5.41, 5.74) is 0.818. The Kier molecular flexibility index (Phi) is 10.1. The quantitative estimate of drug-likeness (QED) is 0.571. The van der Waals surface area contributed by atoms with Gasteiger partial charge in [-0.25, -0.2) is 4.98 Å². The summed E-state index contributed by atoms with van der Waals surface area (Å²) in [4.78, 5) is 43.1. The molecule has 1 unspecified atom stereocenters. The lowest BCUT2D eigenvalue weighted by Gasteiger charge is -2.34. The van der Waals surface area contributed by atoms with E-state index < -0.39 is 35.6 Å². The first kappa shape index (κ1) is 29.1. The van der Waals surface area contributed by atoms with Crippen molar-refractivity contribution in [1.29, 1.82) is 0 Å². The lowest BCUT2D eigenvalue weighted by atomic mass is 9.73. The van der Waals surface area contributed by atoms with Crippen molar-refractivity contribution in [2.24, 2.45) is 17.3 Å². The highest BCUT2D eigenvalue weighted by Crippen LogP contribution is 2.32. The number of rotatable bonds is 2. The standard InChI is InChI=1S/C27H39NO6S/c1-15-9-11-22(17(3)12-20-14-35-19(5)28-20)34-24(31)13-23(30)27(6,7)26(33)18(4)25(32)16(2)8-10-21(15)29/h9,12,14,16,18,22-23,25,30,32H,8,10-11,13H2,1-7H3/b15-9-,17-12+/t16-,18+,22-,23-,25?/m0/s1. The first-order valence-electron chi connectivity index (χ1n) is 12.1. The normalized spacial score (nSPS) is 31.6. The van der Waals surface area contributed by atoms with Crippen LogP contribution in [0.5, 0.6) is 0 Å². The average Bonchev–Trinajstić information content (AvgIpc) is 3.21. The number of aliphatic hydroxyl groups excluding tert-OH is 2. The number of aliphatic hydroxyl groups is 2. The minimum atomic E-state index is -1.27. The van der Waals surface area contributed by atoms with Crippen molar-refractivity contribution in [1.82, 2.24) is 4.98 Å². The molecule has 35 heavy (non-hydrogen) atoms. The van der Waals surface area contributed by atoms with Gasteiger partial charge in [0.1, 0.15) is 11.9 Å². The lowest BCUT2D eigenvalue weighted by molar-refractivity contribution is -0.154. The second-order valence-corrected chi connectivity index (χ2v) is 11.4. The summed E-state index contributed by atoms with van der Waals surface area (Å²) in [5, 5.41) is 24.4. The van der Waals surface area contributed by atoms with E-state index in [9.17, 15) is 24.6 Å². The fourth-order valence-corrected chi connectivity index (χ4v) is 4.81. The number of allylic oxidation sites excluding steroid dienone is 1. The molecule has 5 atom stereocenters. The molecule has 0 saturated carbocycles.